The van der Waals surface area contributed by atoms with Gasteiger partial charge in [0.2, 0.25) is 0 Å². The van der Waals surface area contributed by atoms with Gasteiger partial charge in [0.05, 0.1) is 24.8 Å². The van der Waals surface area contributed by atoms with Crippen molar-refractivity contribution < 1.29 is 13.9 Å². The summed E-state index contributed by atoms with van der Waals surface area (Å²) in [6.07, 6.45) is 5.40. The Labute approximate surface area is 189 Å². The molecule has 8 heteroatoms. The van der Waals surface area contributed by atoms with E-state index in [-0.39, 0.29) is 11.7 Å². The Morgan fingerprint density at radius 2 is 1.79 bits per heavy atom. The van der Waals surface area contributed by atoms with E-state index in [0.29, 0.717) is 60.6 Å². The fraction of sp³-hybridized carbons (Fsp3) is 0.280. The van der Waals surface area contributed by atoms with Crippen LogP contribution in [0.15, 0.2) is 54.9 Å². The lowest BCUT2D eigenvalue weighted by Gasteiger charge is -2.26. The Hall–Kier alpha value is -3.65. The van der Waals surface area contributed by atoms with Gasteiger partial charge in [-0.15, -0.1) is 0 Å². The molecule has 2 aliphatic rings. The quantitative estimate of drug-likeness (QED) is 0.475. The second kappa shape index (κ2) is 8.04. The van der Waals surface area contributed by atoms with Gasteiger partial charge in [-0.25, -0.2) is 14.4 Å². The third-order valence-corrected chi connectivity index (χ3v) is 6.19. The maximum absolute atomic E-state index is 14.2. The van der Waals surface area contributed by atoms with Crippen molar-refractivity contribution in [2.24, 2.45) is 0 Å². The van der Waals surface area contributed by atoms with E-state index in [1.54, 1.807) is 30.6 Å². The van der Waals surface area contributed by atoms with Gasteiger partial charge in [-0.2, -0.15) is 5.10 Å². The van der Waals surface area contributed by atoms with Gasteiger partial charge >= 0.3 is 0 Å². The van der Waals surface area contributed by atoms with Gasteiger partial charge in [0.25, 0.3) is 5.91 Å². The molecule has 0 N–H and O–H groups in total. The molecule has 166 valence electrons. The molecule has 1 saturated heterocycles. The van der Waals surface area contributed by atoms with E-state index >= 15 is 0 Å². The smallest absolute Gasteiger partial charge is 0.254 e. The molecule has 0 bridgehead atoms. The van der Waals surface area contributed by atoms with Crippen LogP contribution in [0.3, 0.4) is 0 Å². The Bertz CT molecular complexity index is 1340. The molecule has 7 nitrogen and oxygen atoms in total. The minimum atomic E-state index is -0.316. The summed E-state index contributed by atoms with van der Waals surface area (Å²) in [5.41, 5.74) is 3.27. The summed E-state index contributed by atoms with van der Waals surface area (Å²) in [4.78, 5) is 23.9. The van der Waals surface area contributed by atoms with Crippen LogP contribution in [-0.2, 0) is 4.74 Å². The molecule has 6 rings (SSSR count). The first-order chi connectivity index (χ1) is 16.2. The van der Waals surface area contributed by atoms with E-state index in [4.69, 9.17) is 9.84 Å². The van der Waals surface area contributed by atoms with Gasteiger partial charge in [-0.3, -0.25) is 9.48 Å². The van der Waals surface area contributed by atoms with Crippen LogP contribution in [0.25, 0.3) is 33.5 Å². The lowest BCUT2D eigenvalue weighted by atomic mass is 10.1. The molecule has 1 aliphatic carbocycles. The van der Waals surface area contributed by atoms with Gasteiger partial charge in [-0.1, -0.05) is 18.2 Å². The molecule has 1 amide bonds. The monoisotopic (exact) mass is 443 g/mol. The zero-order chi connectivity index (χ0) is 22.4. The predicted octanol–water partition coefficient (Wildman–Crippen LogP) is 4.11. The van der Waals surface area contributed by atoms with Crippen molar-refractivity contribution in [3.8, 4) is 22.6 Å². The Kier molecular flexibility index (Phi) is 4.87. The third kappa shape index (κ3) is 3.66. The summed E-state index contributed by atoms with van der Waals surface area (Å²) in [6, 6.07) is 12.6. The van der Waals surface area contributed by atoms with E-state index in [1.807, 2.05) is 27.8 Å². The number of ether oxygens (including phenoxy) is 1. The summed E-state index contributed by atoms with van der Waals surface area (Å²) >= 11 is 0. The van der Waals surface area contributed by atoms with Gasteiger partial charge in [0, 0.05) is 47.6 Å². The summed E-state index contributed by atoms with van der Waals surface area (Å²) in [7, 11) is 0. The molecule has 0 atom stereocenters. The molecule has 0 radical (unpaired) electrons. The Morgan fingerprint density at radius 3 is 2.52 bits per heavy atom. The van der Waals surface area contributed by atoms with Crippen LogP contribution in [0.1, 0.15) is 29.2 Å². The fourth-order valence-electron chi connectivity index (χ4n) is 4.27. The molecule has 1 saturated carbocycles. The average Bonchev–Trinajstić information content (AvgIpc) is 3.65. The van der Waals surface area contributed by atoms with E-state index in [9.17, 15) is 9.18 Å². The minimum Gasteiger partial charge on any atom is -0.378 e. The first kappa shape index (κ1) is 20.0. The highest BCUT2D eigenvalue weighted by atomic mass is 19.1. The number of nitrogens with zero attached hydrogens (tertiary/aromatic N) is 5. The molecule has 4 aromatic rings. The number of hydrogen-bond donors (Lipinski definition) is 0. The van der Waals surface area contributed by atoms with Crippen molar-refractivity contribution in [1.29, 1.82) is 0 Å². The zero-order valence-electron chi connectivity index (χ0n) is 17.9. The number of fused-ring (bicyclic) bond motifs is 1. The number of halogens is 1. The number of morpholine rings is 1. The number of rotatable bonds is 4. The third-order valence-electron chi connectivity index (χ3n) is 6.19. The van der Waals surface area contributed by atoms with E-state index in [0.717, 1.165) is 23.7 Å². The van der Waals surface area contributed by atoms with E-state index < -0.39 is 0 Å². The van der Waals surface area contributed by atoms with Crippen LogP contribution < -0.4 is 0 Å². The average molecular weight is 443 g/mol. The highest BCUT2D eigenvalue weighted by Crippen LogP contribution is 2.39. The van der Waals surface area contributed by atoms with Crippen molar-refractivity contribution in [2.45, 2.75) is 18.9 Å². The van der Waals surface area contributed by atoms with E-state index in [1.165, 1.54) is 6.07 Å². The summed E-state index contributed by atoms with van der Waals surface area (Å²) in [5, 5.41) is 5.67. The lowest BCUT2D eigenvalue weighted by molar-refractivity contribution is 0.0303. The number of carbonyl (C=O) groups is 1. The van der Waals surface area contributed by atoms with Crippen molar-refractivity contribution in [1.82, 2.24) is 24.6 Å². The topological polar surface area (TPSA) is 73.1 Å². The molecular weight excluding hydrogens is 421 g/mol. The first-order valence-electron chi connectivity index (χ1n) is 11.2. The molecule has 2 aromatic heterocycles. The standard InChI is InChI=1S/C25H22FN5O2/c26-21-4-2-1-3-19(21)17-14-27-24(28-15-17)23-20-13-16(25(32)30-9-11-33-12-10-30)5-8-22(20)31(29-23)18-6-7-18/h1-5,8,13-15,18H,6-7,9-12H2. The van der Waals surface area contributed by atoms with Crippen LogP contribution in [-0.4, -0.2) is 56.9 Å². The fourth-order valence-corrected chi connectivity index (χ4v) is 4.27. The van der Waals surface area contributed by atoms with Crippen LogP contribution in [0.2, 0.25) is 0 Å². The highest BCUT2D eigenvalue weighted by molar-refractivity contribution is 6.01. The Balaban J connectivity index is 1.41. The molecule has 0 unspecified atom stereocenters. The summed E-state index contributed by atoms with van der Waals surface area (Å²) in [6.45, 7) is 2.29. The molecule has 1 aliphatic heterocycles. The molecular formula is C25H22FN5O2. The summed E-state index contributed by atoms with van der Waals surface area (Å²) < 4.78 is 21.6. The number of carbonyl (C=O) groups excluding carboxylic acids is 1. The van der Waals surface area contributed by atoms with Crippen LogP contribution in [0.4, 0.5) is 4.39 Å². The first-order valence-corrected chi connectivity index (χ1v) is 11.2. The predicted molar refractivity (Wildman–Crippen MR) is 121 cm³/mol. The van der Waals surface area contributed by atoms with Crippen LogP contribution >= 0.6 is 0 Å². The van der Waals surface area contributed by atoms with E-state index in [2.05, 4.69) is 9.97 Å². The van der Waals surface area contributed by atoms with Crippen molar-refractivity contribution in [2.75, 3.05) is 26.3 Å². The maximum Gasteiger partial charge on any atom is 0.254 e. The maximum atomic E-state index is 14.2. The second-order valence-corrected chi connectivity index (χ2v) is 8.44. The largest absolute Gasteiger partial charge is 0.378 e. The highest BCUT2D eigenvalue weighted by Gasteiger charge is 2.29. The SMILES string of the molecule is O=C(c1ccc2c(c1)c(-c1ncc(-c3ccccc3F)cn1)nn2C1CC1)N1CCOCC1. The van der Waals surface area contributed by atoms with Gasteiger partial charge in [0.1, 0.15) is 11.5 Å². The molecule has 2 fully saturated rings. The zero-order valence-corrected chi connectivity index (χ0v) is 17.9. The molecule has 2 aromatic carbocycles. The van der Waals surface area contributed by atoms with Gasteiger partial charge in [0.15, 0.2) is 5.82 Å². The second-order valence-electron chi connectivity index (χ2n) is 8.44. The lowest BCUT2D eigenvalue weighted by Crippen LogP contribution is -2.40. The van der Waals surface area contributed by atoms with Gasteiger partial charge in [-0.05, 0) is 37.1 Å². The number of benzene rings is 2. The Morgan fingerprint density at radius 1 is 1.03 bits per heavy atom. The van der Waals surface area contributed by atoms with Crippen molar-refractivity contribution >= 4 is 16.8 Å². The van der Waals surface area contributed by atoms with Crippen molar-refractivity contribution in [3.05, 3.63) is 66.2 Å². The molecule has 0 spiro atoms. The van der Waals surface area contributed by atoms with Gasteiger partial charge < -0.3 is 9.64 Å². The molecule has 3 heterocycles. The number of amides is 1. The number of aromatic nitrogens is 4. The number of hydrogen-bond acceptors (Lipinski definition) is 5. The minimum absolute atomic E-state index is 0.0128. The van der Waals surface area contributed by atoms with Crippen LogP contribution in [0, 0.1) is 5.82 Å². The van der Waals surface area contributed by atoms with Crippen LogP contribution in [0.5, 0.6) is 0 Å². The normalized spacial score (nSPS) is 16.3. The summed E-state index contributed by atoms with van der Waals surface area (Å²) in [5.74, 6) is 0.125. The van der Waals surface area contributed by atoms with Crippen molar-refractivity contribution in [3.63, 3.8) is 0 Å². The molecule has 33 heavy (non-hydrogen) atoms.